The monoisotopic (exact) mass is 324 g/mol. The zero-order valence-corrected chi connectivity index (χ0v) is 14.6. The van der Waals surface area contributed by atoms with Gasteiger partial charge in [0.25, 0.3) is 0 Å². The summed E-state index contributed by atoms with van der Waals surface area (Å²) in [6.45, 7) is 2.25. The van der Waals surface area contributed by atoms with Gasteiger partial charge in [0, 0.05) is 5.56 Å². The minimum absolute atomic E-state index is 0.475. The molecule has 0 spiro atoms. The number of aryl methyl sites for hydroxylation is 1. The molecule has 2 aromatic carbocycles. The van der Waals surface area contributed by atoms with Crippen molar-refractivity contribution >= 4 is 0 Å². The summed E-state index contributed by atoms with van der Waals surface area (Å²) in [5, 5.41) is 9.08. The third-order valence-corrected chi connectivity index (χ3v) is 5.41. The van der Waals surface area contributed by atoms with Crippen LogP contribution in [0.25, 0.3) is 0 Å². The van der Waals surface area contributed by atoms with Crippen LogP contribution in [0.3, 0.4) is 0 Å². The Morgan fingerprint density at radius 3 is 2.46 bits per heavy atom. The van der Waals surface area contributed by atoms with Gasteiger partial charge in [0.15, 0.2) is 5.75 Å². The van der Waals surface area contributed by atoms with Gasteiger partial charge in [-0.3, -0.25) is 0 Å². The highest BCUT2D eigenvalue weighted by Gasteiger charge is 2.28. The molecule has 2 heteroatoms. The number of hydrogen-bond acceptors (Lipinski definition) is 2. The molecule has 1 fully saturated rings. The van der Waals surface area contributed by atoms with Crippen molar-refractivity contribution in [2.45, 2.75) is 63.7 Å². The predicted octanol–water partition coefficient (Wildman–Crippen LogP) is 6.32. The van der Waals surface area contributed by atoms with Gasteiger partial charge >= 0.3 is 0 Å². The molecule has 2 aromatic rings. The third-order valence-electron chi connectivity index (χ3n) is 5.41. The topological polar surface area (TPSA) is 29.5 Å². The Morgan fingerprint density at radius 2 is 1.71 bits per heavy atom. The average Bonchev–Trinajstić information content (AvgIpc) is 3.12. The molecule has 1 N–H and O–H groups in total. The van der Waals surface area contributed by atoms with Gasteiger partial charge in [-0.1, -0.05) is 62.2 Å². The molecule has 0 saturated heterocycles. The zero-order valence-electron chi connectivity index (χ0n) is 14.6. The van der Waals surface area contributed by atoms with E-state index in [4.69, 9.17) is 5.26 Å². The van der Waals surface area contributed by atoms with Crippen molar-refractivity contribution in [3.05, 3.63) is 65.2 Å². The lowest BCUT2D eigenvalue weighted by Crippen LogP contribution is -1.99. The molecule has 1 saturated carbocycles. The molecule has 1 aliphatic carbocycles. The Morgan fingerprint density at radius 1 is 0.958 bits per heavy atom. The molecule has 0 heterocycles. The molecule has 0 amide bonds. The van der Waals surface area contributed by atoms with Crippen LogP contribution < -0.4 is 4.89 Å². The molecule has 1 aliphatic rings. The summed E-state index contributed by atoms with van der Waals surface area (Å²) in [6, 6.07) is 17.1. The number of benzene rings is 2. The Hall–Kier alpha value is -1.80. The SMILES string of the molecule is CCCCCc1ccc(C2CCC(c3ccccc3OO)C2)cc1. The van der Waals surface area contributed by atoms with Crippen LogP contribution in [0.15, 0.2) is 48.5 Å². The third kappa shape index (κ3) is 3.99. The molecule has 2 unspecified atom stereocenters. The number of unbranched alkanes of at least 4 members (excludes halogenated alkanes) is 2. The van der Waals surface area contributed by atoms with E-state index in [0.717, 1.165) is 18.4 Å². The van der Waals surface area contributed by atoms with Gasteiger partial charge in [0.2, 0.25) is 0 Å². The molecule has 0 bridgehead atoms. The summed E-state index contributed by atoms with van der Waals surface area (Å²) in [6.07, 6.45) is 8.58. The summed E-state index contributed by atoms with van der Waals surface area (Å²) in [5.74, 6) is 1.70. The minimum Gasteiger partial charge on any atom is -0.340 e. The van der Waals surface area contributed by atoms with E-state index in [1.807, 2.05) is 18.2 Å². The van der Waals surface area contributed by atoms with Gasteiger partial charge in [0.05, 0.1) is 0 Å². The summed E-state index contributed by atoms with van der Waals surface area (Å²) < 4.78 is 0. The molecule has 0 aromatic heterocycles. The van der Waals surface area contributed by atoms with Crippen molar-refractivity contribution < 1.29 is 10.1 Å². The molecule has 128 valence electrons. The Balaban J connectivity index is 1.63. The molecular weight excluding hydrogens is 296 g/mol. The highest BCUT2D eigenvalue weighted by atomic mass is 17.1. The van der Waals surface area contributed by atoms with E-state index in [0.29, 0.717) is 17.6 Å². The van der Waals surface area contributed by atoms with E-state index in [-0.39, 0.29) is 0 Å². The Bertz CT molecular complexity index is 633. The molecule has 3 rings (SSSR count). The molecule has 2 atom stereocenters. The summed E-state index contributed by atoms with van der Waals surface area (Å²) >= 11 is 0. The largest absolute Gasteiger partial charge is 0.340 e. The van der Waals surface area contributed by atoms with E-state index in [2.05, 4.69) is 42.1 Å². The maximum absolute atomic E-state index is 9.08. The van der Waals surface area contributed by atoms with Crippen LogP contribution >= 0.6 is 0 Å². The molecule has 24 heavy (non-hydrogen) atoms. The van der Waals surface area contributed by atoms with Gasteiger partial charge in [-0.2, -0.15) is 0 Å². The first-order valence-electron chi connectivity index (χ1n) is 9.31. The van der Waals surface area contributed by atoms with Gasteiger partial charge in [-0.15, -0.1) is 0 Å². The highest BCUT2D eigenvalue weighted by Crippen LogP contribution is 2.45. The average molecular weight is 324 g/mol. The lowest BCUT2D eigenvalue weighted by Gasteiger charge is -2.14. The Kier molecular flexibility index (Phi) is 5.92. The van der Waals surface area contributed by atoms with Crippen LogP contribution in [0.5, 0.6) is 5.75 Å². The van der Waals surface area contributed by atoms with Crippen molar-refractivity contribution in [1.82, 2.24) is 0 Å². The first-order chi connectivity index (χ1) is 11.8. The number of rotatable bonds is 7. The first-order valence-corrected chi connectivity index (χ1v) is 9.31. The van der Waals surface area contributed by atoms with E-state index < -0.39 is 0 Å². The maximum Gasteiger partial charge on any atom is 0.168 e. The highest BCUT2D eigenvalue weighted by molar-refractivity contribution is 5.37. The number of para-hydroxylation sites is 1. The molecule has 0 radical (unpaired) electrons. The van der Waals surface area contributed by atoms with Crippen LogP contribution in [-0.2, 0) is 6.42 Å². The second kappa shape index (κ2) is 8.34. The predicted molar refractivity (Wildman–Crippen MR) is 98.7 cm³/mol. The normalized spacial score (nSPS) is 20.2. The van der Waals surface area contributed by atoms with E-state index in [1.54, 1.807) is 0 Å². The van der Waals surface area contributed by atoms with Gasteiger partial charge in [0.1, 0.15) is 0 Å². The fraction of sp³-hybridized carbons (Fsp3) is 0.455. The van der Waals surface area contributed by atoms with Gasteiger partial charge < -0.3 is 4.89 Å². The summed E-state index contributed by atoms with van der Waals surface area (Å²) in [7, 11) is 0. The van der Waals surface area contributed by atoms with Crippen molar-refractivity contribution in [2.24, 2.45) is 0 Å². The van der Waals surface area contributed by atoms with Gasteiger partial charge in [-0.05, 0) is 61.1 Å². The van der Waals surface area contributed by atoms with Crippen molar-refractivity contribution in [3.63, 3.8) is 0 Å². The molecule has 2 nitrogen and oxygen atoms in total. The molecule has 0 aliphatic heterocycles. The quantitative estimate of drug-likeness (QED) is 0.367. The fourth-order valence-electron chi connectivity index (χ4n) is 4.00. The van der Waals surface area contributed by atoms with E-state index >= 15 is 0 Å². The zero-order chi connectivity index (χ0) is 16.8. The van der Waals surface area contributed by atoms with Crippen LogP contribution in [0, 0.1) is 0 Å². The second-order valence-electron chi connectivity index (χ2n) is 7.03. The van der Waals surface area contributed by atoms with Crippen LogP contribution in [-0.4, -0.2) is 5.26 Å². The summed E-state index contributed by atoms with van der Waals surface area (Å²) in [5.41, 5.74) is 4.05. The standard InChI is InChI=1S/C22H28O2/c1-2-3-4-7-17-10-12-18(13-11-17)19-14-15-20(16-19)21-8-5-6-9-22(21)24-23/h5-6,8-13,19-20,23H,2-4,7,14-16H2,1H3. The molecular formula is C22H28O2. The number of hydrogen-bond donors (Lipinski definition) is 1. The van der Waals surface area contributed by atoms with Crippen LogP contribution in [0.1, 0.15) is 74.0 Å². The van der Waals surface area contributed by atoms with Gasteiger partial charge in [-0.25, -0.2) is 5.26 Å². The lowest BCUT2D eigenvalue weighted by atomic mass is 9.92. The summed E-state index contributed by atoms with van der Waals surface area (Å²) in [4.78, 5) is 4.56. The maximum atomic E-state index is 9.08. The lowest BCUT2D eigenvalue weighted by molar-refractivity contribution is -0.138. The van der Waals surface area contributed by atoms with Crippen LogP contribution in [0.4, 0.5) is 0 Å². The fourth-order valence-corrected chi connectivity index (χ4v) is 4.00. The van der Waals surface area contributed by atoms with Crippen molar-refractivity contribution in [3.8, 4) is 5.75 Å². The van der Waals surface area contributed by atoms with E-state index in [9.17, 15) is 0 Å². The minimum atomic E-state index is 0.475. The van der Waals surface area contributed by atoms with Crippen LogP contribution in [0.2, 0.25) is 0 Å². The smallest absolute Gasteiger partial charge is 0.168 e. The Labute approximate surface area is 145 Å². The van der Waals surface area contributed by atoms with E-state index in [1.165, 1.54) is 43.2 Å². The first kappa shape index (κ1) is 17.0. The van der Waals surface area contributed by atoms with Crippen molar-refractivity contribution in [2.75, 3.05) is 0 Å². The second-order valence-corrected chi connectivity index (χ2v) is 7.03. The van der Waals surface area contributed by atoms with Crippen molar-refractivity contribution in [1.29, 1.82) is 0 Å².